The summed E-state index contributed by atoms with van der Waals surface area (Å²) in [4.78, 5) is 32.2. The second-order valence-electron chi connectivity index (χ2n) is 7.97. The minimum Gasteiger partial charge on any atom is -0.341 e. The Bertz CT molecular complexity index is 623. The molecule has 0 bridgehead atoms. The van der Waals surface area contributed by atoms with E-state index in [1.807, 2.05) is 59.1 Å². The summed E-state index contributed by atoms with van der Waals surface area (Å²) in [6, 6.07) is 9.22. The summed E-state index contributed by atoms with van der Waals surface area (Å²) in [5.74, 6) is 0.882. The van der Waals surface area contributed by atoms with Gasteiger partial charge in [-0.2, -0.15) is 0 Å². The van der Waals surface area contributed by atoms with Crippen molar-refractivity contribution in [3.05, 3.63) is 35.9 Å². The van der Waals surface area contributed by atoms with Gasteiger partial charge in [0.15, 0.2) is 0 Å². The van der Waals surface area contributed by atoms with Crippen molar-refractivity contribution in [1.29, 1.82) is 0 Å². The lowest BCUT2D eigenvalue weighted by molar-refractivity contribution is -0.147. The molecule has 142 valence electrons. The Balaban J connectivity index is 1.76. The van der Waals surface area contributed by atoms with Crippen LogP contribution in [0.5, 0.6) is 0 Å². The molecule has 26 heavy (non-hydrogen) atoms. The average molecular weight is 357 g/mol. The van der Waals surface area contributed by atoms with Crippen molar-refractivity contribution >= 4 is 11.8 Å². The molecule has 0 aromatic heterocycles. The van der Waals surface area contributed by atoms with Gasteiger partial charge >= 0.3 is 0 Å². The molecule has 0 aliphatic carbocycles. The van der Waals surface area contributed by atoms with Gasteiger partial charge in [-0.25, -0.2) is 0 Å². The van der Waals surface area contributed by atoms with Crippen LogP contribution in [0.2, 0.25) is 0 Å². The van der Waals surface area contributed by atoms with E-state index in [0.717, 1.165) is 44.3 Å². The van der Waals surface area contributed by atoms with Gasteiger partial charge in [-0.3, -0.25) is 14.5 Å². The van der Waals surface area contributed by atoms with Crippen LogP contribution < -0.4 is 0 Å². The topological polar surface area (TPSA) is 43.9 Å². The molecular formula is C21H31N3O2. The maximum absolute atomic E-state index is 13.4. The van der Waals surface area contributed by atoms with E-state index >= 15 is 0 Å². The normalized spacial score (nSPS) is 22.7. The molecule has 2 unspecified atom stereocenters. The van der Waals surface area contributed by atoms with Gasteiger partial charge in [-0.15, -0.1) is 0 Å². The summed E-state index contributed by atoms with van der Waals surface area (Å²) < 4.78 is 0. The van der Waals surface area contributed by atoms with E-state index in [1.54, 1.807) is 0 Å². The van der Waals surface area contributed by atoms with Crippen molar-refractivity contribution in [2.75, 3.05) is 33.7 Å². The molecule has 1 aromatic carbocycles. The number of piperidine rings is 1. The average Bonchev–Trinajstić information content (AvgIpc) is 3.12. The van der Waals surface area contributed by atoms with Gasteiger partial charge in [-0.1, -0.05) is 37.3 Å². The fourth-order valence-corrected chi connectivity index (χ4v) is 4.18. The van der Waals surface area contributed by atoms with Crippen LogP contribution in [0.25, 0.3) is 0 Å². The number of likely N-dealkylation sites (tertiary alicyclic amines) is 2. The highest BCUT2D eigenvalue weighted by atomic mass is 16.2. The van der Waals surface area contributed by atoms with E-state index in [4.69, 9.17) is 0 Å². The zero-order chi connectivity index (χ0) is 18.7. The Labute approximate surface area is 156 Å². The minimum atomic E-state index is -0.342. The Hall–Kier alpha value is -1.88. The molecule has 2 amide bonds. The monoisotopic (exact) mass is 357 g/mol. The molecule has 2 aliphatic heterocycles. The highest BCUT2D eigenvalue weighted by Gasteiger charge is 2.40. The molecule has 2 heterocycles. The second kappa shape index (κ2) is 8.21. The Morgan fingerprint density at radius 1 is 1.04 bits per heavy atom. The third kappa shape index (κ3) is 3.93. The number of carbonyl (C=O) groups excluding carboxylic acids is 2. The molecule has 2 saturated heterocycles. The maximum Gasteiger partial charge on any atom is 0.245 e. The van der Waals surface area contributed by atoms with Crippen LogP contribution in [0.3, 0.4) is 0 Å². The number of benzene rings is 1. The molecule has 2 aliphatic rings. The quantitative estimate of drug-likeness (QED) is 0.832. The molecule has 0 spiro atoms. The third-order valence-electron chi connectivity index (χ3n) is 5.78. The Kier molecular flexibility index (Phi) is 5.97. The van der Waals surface area contributed by atoms with Crippen molar-refractivity contribution in [3.63, 3.8) is 0 Å². The first kappa shape index (κ1) is 18.9. The molecule has 1 aromatic rings. The lowest BCUT2D eigenvalue weighted by atomic mass is 9.98. The van der Waals surface area contributed by atoms with Crippen LogP contribution >= 0.6 is 0 Å². The van der Waals surface area contributed by atoms with Crippen LogP contribution in [-0.2, 0) is 9.59 Å². The van der Waals surface area contributed by atoms with Gasteiger partial charge in [0.25, 0.3) is 0 Å². The largest absolute Gasteiger partial charge is 0.341 e. The molecule has 0 radical (unpaired) electrons. The highest BCUT2D eigenvalue weighted by molar-refractivity contribution is 5.91. The highest BCUT2D eigenvalue weighted by Crippen LogP contribution is 2.28. The molecule has 2 atom stereocenters. The number of hydrogen-bond donors (Lipinski definition) is 0. The SMILES string of the molecule is CC1CCN(C(=O)C2CCCN2C(=O)C(c2ccccc2)N(C)C)CC1. The number of rotatable bonds is 4. The van der Waals surface area contributed by atoms with E-state index in [1.165, 1.54) is 0 Å². The predicted molar refractivity (Wildman–Crippen MR) is 103 cm³/mol. The lowest BCUT2D eigenvalue weighted by Crippen LogP contribution is -2.51. The van der Waals surface area contributed by atoms with Crippen molar-refractivity contribution < 1.29 is 9.59 Å². The molecule has 0 saturated carbocycles. The number of carbonyl (C=O) groups is 2. The minimum absolute atomic E-state index is 0.0439. The zero-order valence-corrected chi connectivity index (χ0v) is 16.2. The smallest absolute Gasteiger partial charge is 0.245 e. The number of amides is 2. The summed E-state index contributed by atoms with van der Waals surface area (Å²) in [5.41, 5.74) is 0.979. The predicted octanol–water partition coefficient (Wildman–Crippen LogP) is 2.54. The van der Waals surface area contributed by atoms with E-state index in [0.29, 0.717) is 12.5 Å². The zero-order valence-electron chi connectivity index (χ0n) is 16.2. The van der Waals surface area contributed by atoms with Gasteiger partial charge in [0, 0.05) is 19.6 Å². The third-order valence-corrected chi connectivity index (χ3v) is 5.78. The second-order valence-corrected chi connectivity index (χ2v) is 7.97. The van der Waals surface area contributed by atoms with Crippen LogP contribution in [0.15, 0.2) is 30.3 Å². The van der Waals surface area contributed by atoms with Crippen LogP contribution in [0, 0.1) is 5.92 Å². The first-order valence-corrected chi connectivity index (χ1v) is 9.79. The Morgan fingerprint density at radius 2 is 1.69 bits per heavy atom. The first-order valence-electron chi connectivity index (χ1n) is 9.79. The van der Waals surface area contributed by atoms with Gasteiger partial charge in [0.2, 0.25) is 11.8 Å². The van der Waals surface area contributed by atoms with E-state index < -0.39 is 0 Å². The van der Waals surface area contributed by atoms with Crippen molar-refractivity contribution in [1.82, 2.24) is 14.7 Å². The van der Waals surface area contributed by atoms with Gasteiger partial charge < -0.3 is 9.80 Å². The number of likely N-dealkylation sites (N-methyl/N-ethyl adjacent to an activating group) is 1. The number of hydrogen-bond acceptors (Lipinski definition) is 3. The van der Waals surface area contributed by atoms with Crippen molar-refractivity contribution in [2.45, 2.75) is 44.7 Å². The van der Waals surface area contributed by atoms with Gasteiger partial charge in [-0.05, 0) is 51.3 Å². The van der Waals surface area contributed by atoms with Crippen LogP contribution in [-0.4, -0.2) is 66.3 Å². The van der Waals surface area contributed by atoms with Gasteiger partial charge in [0.05, 0.1) is 0 Å². The molecule has 3 rings (SSSR count). The molecule has 0 N–H and O–H groups in total. The maximum atomic E-state index is 13.4. The molecule has 5 nitrogen and oxygen atoms in total. The van der Waals surface area contributed by atoms with Crippen molar-refractivity contribution in [3.8, 4) is 0 Å². The summed E-state index contributed by atoms with van der Waals surface area (Å²) in [5, 5.41) is 0. The summed E-state index contributed by atoms with van der Waals surface area (Å²) >= 11 is 0. The van der Waals surface area contributed by atoms with Crippen LogP contribution in [0.1, 0.15) is 44.2 Å². The first-order chi connectivity index (χ1) is 12.5. The number of nitrogens with zero attached hydrogens (tertiary/aromatic N) is 3. The fourth-order valence-electron chi connectivity index (χ4n) is 4.18. The lowest BCUT2D eigenvalue weighted by Gasteiger charge is -2.36. The van der Waals surface area contributed by atoms with E-state index in [9.17, 15) is 9.59 Å². The fraction of sp³-hybridized carbons (Fsp3) is 0.619. The van der Waals surface area contributed by atoms with Crippen LogP contribution in [0.4, 0.5) is 0 Å². The van der Waals surface area contributed by atoms with E-state index in [2.05, 4.69) is 6.92 Å². The summed E-state index contributed by atoms with van der Waals surface area (Å²) in [6.45, 7) is 4.58. The van der Waals surface area contributed by atoms with Gasteiger partial charge in [0.1, 0.15) is 12.1 Å². The molecule has 2 fully saturated rings. The Morgan fingerprint density at radius 3 is 2.31 bits per heavy atom. The standard InChI is InChI=1S/C21H31N3O2/c1-16-11-14-23(15-12-16)20(25)18-10-7-13-24(18)21(26)19(22(2)3)17-8-5-4-6-9-17/h4-6,8-9,16,18-19H,7,10-15H2,1-3H3. The summed E-state index contributed by atoms with van der Waals surface area (Å²) in [7, 11) is 3.85. The molecular weight excluding hydrogens is 326 g/mol. The molecule has 5 heteroatoms. The van der Waals surface area contributed by atoms with Crippen molar-refractivity contribution in [2.24, 2.45) is 5.92 Å². The summed E-state index contributed by atoms with van der Waals surface area (Å²) in [6.07, 6.45) is 3.82. The van der Waals surface area contributed by atoms with E-state index in [-0.39, 0.29) is 23.9 Å².